The molecule has 0 saturated carbocycles. The van der Waals surface area contributed by atoms with E-state index in [9.17, 15) is 0 Å². The molecule has 36 heavy (non-hydrogen) atoms. The van der Waals surface area contributed by atoms with E-state index >= 15 is 0 Å². The number of hydrogen-bond donors (Lipinski definition) is 0. The molecule has 0 aliphatic carbocycles. The lowest BCUT2D eigenvalue weighted by Gasteiger charge is -2.35. The SMILES string of the molecule is Cc1ccc2c(c1)B1c3cc(C)ccc3Oc3cc(N(c4ccccc4)c4ccccc4)cc(c31)O2. The quantitative estimate of drug-likeness (QED) is 0.278. The molecule has 172 valence electrons. The molecule has 0 radical (unpaired) electrons. The maximum absolute atomic E-state index is 6.58. The maximum atomic E-state index is 6.58. The van der Waals surface area contributed by atoms with Crippen molar-refractivity contribution in [3.05, 3.63) is 120 Å². The second-order valence-corrected chi connectivity index (χ2v) is 9.58. The van der Waals surface area contributed by atoms with Crippen LogP contribution in [0.3, 0.4) is 0 Å². The summed E-state index contributed by atoms with van der Waals surface area (Å²) in [5.41, 5.74) is 9.06. The standard InChI is InChI=1S/C32H24BNO2/c1-21-13-15-28-26(17-21)33-27-18-22(2)14-16-29(27)36-31-20-25(19-30(35-28)32(31)33)34(23-9-5-3-6-10-23)24-11-7-4-8-12-24/h3-20H,1-2H3. The van der Waals surface area contributed by atoms with Crippen molar-refractivity contribution in [3.8, 4) is 23.0 Å². The first-order valence-electron chi connectivity index (χ1n) is 12.3. The second kappa shape index (κ2) is 8.06. The summed E-state index contributed by atoms with van der Waals surface area (Å²) in [5.74, 6) is 3.49. The molecule has 0 bridgehead atoms. The Balaban J connectivity index is 1.47. The van der Waals surface area contributed by atoms with Crippen LogP contribution in [0.25, 0.3) is 0 Å². The van der Waals surface area contributed by atoms with Crippen molar-refractivity contribution in [1.29, 1.82) is 0 Å². The molecule has 2 heterocycles. The average molecular weight is 465 g/mol. The molecule has 0 N–H and O–H groups in total. The molecule has 5 aromatic carbocycles. The van der Waals surface area contributed by atoms with E-state index in [0.29, 0.717) is 0 Å². The summed E-state index contributed by atoms with van der Waals surface area (Å²) in [7, 11) is 0. The lowest BCUT2D eigenvalue weighted by atomic mass is 9.34. The van der Waals surface area contributed by atoms with E-state index in [1.54, 1.807) is 0 Å². The lowest BCUT2D eigenvalue weighted by molar-refractivity contribution is 0.464. The largest absolute Gasteiger partial charge is 0.458 e. The van der Waals surface area contributed by atoms with Gasteiger partial charge >= 0.3 is 0 Å². The van der Waals surface area contributed by atoms with Gasteiger partial charge in [0.2, 0.25) is 0 Å². The van der Waals surface area contributed by atoms with Gasteiger partial charge in [0.05, 0.1) is 5.69 Å². The number of nitrogens with zero attached hydrogens (tertiary/aromatic N) is 1. The van der Waals surface area contributed by atoms with Crippen LogP contribution >= 0.6 is 0 Å². The summed E-state index contributed by atoms with van der Waals surface area (Å²) >= 11 is 0. The van der Waals surface area contributed by atoms with Crippen LogP contribution in [-0.4, -0.2) is 6.71 Å². The fourth-order valence-corrected chi connectivity index (χ4v) is 5.46. The Kier molecular flexibility index (Phi) is 4.68. The van der Waals surface area contributed by atoms with Crippen LogP contribution in [0.15, 0.2) is 109 Å². The number of benzene rings is 5. The topological polar surface area (TPSA) is 21.7 Å². The van der Waals surface area contributed by atoms with Gasteiger partial charge in [-0.1, -0.05) is 71.8 Å². The highest BCUT2D eigenvalue weighted by molar-refractivity contribution is 6.98. The maximum Gasteiger partial charge on any atom is 0.260 e. The van der Waals surface area contributed by atoms with Gasteiger partial charge in [0.15, 0.2) is 0 Å². The van der Waals surface area contributed by atoms with Gasteiger partial charge < -0.3 is 14.4 Å². The third-order valence-corrected chi connectivity index (χ3v) is 7.06. The van der Waals surface area contributed by atoms with E-state index in [4.69, 9.17) is 9.47 Å². The van der Waals surface area contributed by atoms with Crippen LogP contribution in [0.4, 0.5) is 17.1 Å². The van der Waals surface area contributed by atoms with Crippen molar-refractivity contribution in [2.75, 3.05) is 4.90 Å². The fourth-order valence-electron chi connectivity index (χ4n) is 5.46. The third kappa shape index (κ3) is 3.29. The Hall–Kier alpha value is -4.44. The van der Waals surface area contributed by atoms with E-state index in [2.05, 4.69) is 116 Å². The number of fused-ring (bicyclic) bond motifs is 4. The summed E-state index contributed by atoms with van der Waals surface area (Å²) in [6.45, 7) is 4.33. The van der Waals surface area contributed by atoms with Gasteiger partial charge in [0.1, 0.15) is 23.0 Å². The van der Waals surface area contributed by atoms with Crippen molar-refractivity contribution in [2.24, 2.45) is 0 Å². The van der Waals surface area contributed by atoms with Crippen LogP contribution in [0, 0.1) is 13.8 Å². The monoisotopic (exact) mass is 465 g/mol. The minimum atomic E-state index is 0.0678. The first kappa shape index (κ1) is 20.9. The Bertz CT molecular complexity index is 1500. The number of aryl methyl sites for hydroxylation is 2. The van der Waals surface area contributed by atoms with Gasteiger partial charge in [-0.25, -0.2) is 0 Å². The molecule has 0 unspecified atom stereocenters. The minimum absolute atomic E-state index is 0.0678. The first-order valence-corrected chi connectivity index (χ1v) is 12.3. The molecule has 0 spiro atoms. The molecule has 4 heteroatoms. The molecule has 0 saturated heterocycles. The molecule has 0 amide bonds. The van der Waals surface area contributed by atoms with Crippen LogP contribution in [-0.2, 0) is 0 Å². The molecule has 0 atom stereocenters. The van der Waals surface area contributed by atoms with Crippen molar-refractivity contribution in [2.45, 2.75) is 13.8 Å². The molecule has 2 aliphatic rings. The zero-order valence-electron chi connectivity index (χ0n) is 20.2. The van der Waals surface area contributed by atoms with Gasteiger partial charge in [-0.15, -0.1) is 0 Å². The molecule has 2 aliphatic heterocycles. The van der Waals surface area contributed by atoms with Crippen molar-refractivity contribution < 1.29 is 9.47 Å². The normalized spacial score (nSPS) is 12.6. The Morgan fingerprint density at radius 3 is 1.44 bits per heavy atom. The van der Waals surface area contributed by atoms with Crippen molar-refractivity contribution in [1.82, 2.24) is 0 Å². The summed E-state index contributed by atoms with van der Waals surface area (Å²) in [4.78, 5) is 2.24. The Morgan fingerprint density at radius 2 is 0.972 bits per heavy atom. The van der Waals surface area contributed by atoms with Crippen LogP contribution in [0.1, 0.15) is 11.1 Å². The van der Waals surface area contributed by atoms with Crippen LogP contribution in [0.2, 0.25) is 0 Å². The summed E-state index contributed by atoms with van der Waals surface area (Å²) < 4.78 is 13.2. The van der Waals surface area contributed by atoms with Crippen LogP contribution in [0.5, 0.6) is 23.0 Å². The highest BCUT2D eigenvalue weighted by Crippen LogP contribution is 2.42. The zero-order chi connectivity index (χ0) is 24.2. The predicted molar refractivity (Wildman–Crippen MR) is 148 cm³/mol. The number of hydrogen-bond acceptors (Lipinski definition) is 3. The Labute approximate surface area is 211 Å². The predicted octanol–water partition coefficient (Wildman–Crippen LogP) is 6.50. The van der Waals surface area contributed by atoms with Crippen molar-refractivity contribution in [3.63, 3.8) is 0 Å². The molecular formula is C32H24BNO2. The van der Waals surface area contributed by atoms with E-state index in [1.165, 1.54) is 22.1 Å². The third-order valence-electron chi connectivity index (χ3n) is 7.06. The van der Waals surface area contributed by atoms with Gasteiger partial charge in [0.25, 0.3) is 6.71 Å². The lowest BCUT2D eigenvalue weighted by Crippen LogP contribution is -2.57. The van der Waals surface area contributed by atoms with E-state index in [0.717, 1.165) is 45.5 Å². The molecule has 0 fully saturated rings. The van der Waals surface area contributed by atoms with Gasteiger partial charge in [-0.3, -0.25) is 0 Å². The van der Waals surface area contributed by atoms with Gasteiger partial charge in [0, 0.05) is 29.0 Å². The number of para-hydroxylation sites is 2. The number of rotatable bonds is 3. The summed E-state index contributed by atoms with van der Waals surface area (Å²) in [6, 6.07) is 38.0. The summed E-state index contributed by atoms with van der Waals surface area (Å²) in [5, 5.41) is 0. The molecule has 3 nitrogen and oxygen atoms in total. The number of anilines is 3. The first-order chi connectivity index (χ1) is 17.7. The molecule has 5 aromatic rings. The fraction of sp³-hybridized carbons (Fsp3) is 0.0625. The molecule has 0 aromatic heterocycles. The van der Waals surface area contributed by atoms with E-state index < -0.39 is 0 Å². The Morgan fingerprint density at radius 1 is 0.500 bits per heavy atom. The average Bonchev–Trinajstić information content (AvgIpc) is 2.90. The van der Waals surface area contributed by atoms with Crippen molar-refractivity contribution >= 4 is 40.2 Å². The second-order valence-electron chi connectivity index (χ2n) is 9.58. The minimum Gasteiger partial charge on any atom is -0.458 e. The molecular weight excluding hydrogens is 441 g/mol. The zero-order valence-corrected chi connectivity index (χ0v) is 20.2. The smallest absolute Gasteiger partial charge is 0.260 e. The van der Waals surface area contributed by atoms with Crippen LogP contribution < -0.4 is 30.8 Å². The highest BCUT2D eigenvalue weighted by Gasteiger charge is 2.40. The van der Waals surface area contributed by atoms with E-state index in [-0.39, 0.29) is 6.71 Å². The van der Waals surface area contributed by atoms with Gasteiger partial charge in [-0.2, -0.15) is 0 Å². The van der Waals surface area contributed by atoms with Gasteiger partial charge in [-0.05, 0) is 61.2 Å². The highest BCUT2D eigenvalue weighted by atomic mass is 16.5. The number of ether oxygens (including phenoxy) is 2. The summed E-state index contributed by atoms with van der Waals surface area (Å²) in [6.07, 6.45) is 0. The van der Waals surface area contributed by atoms with E-state index in [1.807, 2.05) is 12.1 Å². The molecule has 7 rings (SSSR count).